The van der Waals surface area contributed by atoms with Crippen LogP contribution in [0.5, 0.6) is 0 Å². The number of anilines is 1. The Bertz CT molecular complexity index is 1090. The summed E-state index contributed by atoms with van der Waals surface area (Å²) in [5.41, 5.74) is 3.90. The van der Waals surface area contributed by atoms with E-state index in [1.807, 2.05) is 25.1 Å². The lowest BCUT2D eigenvalue weighted by Crippen LogP contribution is -2.12. The van der Waals surface area contributed by atoms with E-state index in [2.05, 4.69) is 15.3 Å². The Morgan fingerprint density at radius 1 is 1.12 bits per heavy atom. The summed E-state index contributed by atoms with van der Waals surface area (Å²) in [5, 5.41) is 3.28. The van der Waals surface area contributed by atoms with Gasteiger partial charge in [0.25, 0.3) is 5.91 Å². The van der Waals surface area contributed by atoms with Gasteiger partial charge < -0.3 is 9.73 Å². The number of hydrogen-bond donors (Lipinski definition) is 1. The van der Waals surface area contributed by atoms with E-state index in [1.165, 1.54) is 0 Å². The maximum Gasteiger partial charge on any atom is 0.255 e. The molecule has 0 fully saturated rings. The highest BCUT2D eigenvalue weighted by Gasteiger charge is 2.13. The van der Waals surface area contributed by atoms with E-state index in [0.717, 1.165) is 5.56 Å². The number of oxazole rings is 1. The molecule has 1 N–H and O–H groups in total. The van der Waals surface area contributed by atoms with Crippen molar-refractivity contribution in [1.29, 1.82) is 0 Å². The fraction of sp³-hybridized carbons (Fsp3) is 0.0500. The number of halogens is 1. The number of carbonyl (C=O) groups is 1. The summed E-state index contributed by atoms with van der Waals surface area (Å²) in [4.78, 5) is 21.0. The standard InChI is InChI=1S/C20H14ClN3O2/c1-12-4-2-5-13(10-12)19(25)23-16-11-14(7-8-15(16)21)20-24-18-17(26-20)6-3-9-22-18/h2-11H,1H3,(H,23,25). The van der Waals surface area contributed by atoms with Crippen LogP contribution in [-0.2, 0) is 0 Å². The Hall–Kier alpha value is -3.18. The number of rotatable bonds is 3. The van der Waals surface area contributed by atoms with Gasteiger partial charge in [-0.1, -0.05) is 29.3 Å². The van der Waals surface area contributed by atoms with E-state index in [0.29, 0.717) is 39.0 Å². The zero-order chi connectivity index (χ0) is 18.1. The van der Waals surface area contributed by atoms with Crippen molar-refractivity contribution in [2.45, 2.75) is 6.92 Å². The lowest BCUT2D eigenvalue weighted by Gasteiger charge is -2.09. The Morgan fingerprint density at radius 3 is 2.81 bits per heavy atom. The average molecular weight is 364 g/mol. The molecule has 2 aromatic carbocycles. The van der Waals surface area contributed by atoms with Crippen LogP contribution in [0.25, 0.3) is 22.7 Å². The van der Waals surface area contributed by atoms with Gasteiger partial charge in [-0.05, 0) is 49.4 Å². The Labute approximate surface area is 154 Å². The van der Waals surface area contributed by atoms with Crippen LogP contribution in [0, 0.1) is 6.92 Å². The number of pyridine rings is 1. The first kappa shape index (κ1) is 16.3. The van der Waals surface area contributed by atoms with Crippen molar-refractivity contribution in [2.24, 2.45) is 0 Å². The molecule has 4 aromatic rings. The maximum atomic E-state index is 12.5. The first-order valence-corrected chi connectivity index (χ1v) is 8.37. The van der Waals surface area contributed by atoms with Crippen molar-refractivity contribution in [3.05, 3.63) is 76.9 Å². The molecule has 26 heavy (non-hydrogen) atoms. The molecule has 0 bridgehead atoms. The Balaban J connectivity index is 1.67. The van der Waals surface area contributed by atoms with E-state index in [-0.39, 0.29) is 5.91 Å². The van der Waals surface area contributed by atoms with Gasteiger partial charge in [0.2, 0.25) is 5.89 Å². The molecule has 4 rings (SSSR count). The second kappa shape index (κ2) is 6.61. The van der Waals surface area contributed by atoms with Gasteiger partial charge in [0.15, 0.2) is 11.2 Å². The molecule has 0 radical (unpaired) electrons. The van der Waals surface area contributed by atoms with Gasteiger partial charge in [-0.25, -0.2) is 4.98 Å². The highest BCUT2D eigenvalue weighted by Crippen LogP contribution is 2.30. The summed E-state index contributed by atoms with van der Waals surface area (Å²) in [5.74, 6) is 0.188. The lowest BCUT2D eigenvalue weighted by molar-refractivity contribution is 0.102. The third-order valence-corrected chi connectivity index (χ3v) is 4.24. The predicted octanol–water partition coefficient (Wildman–Crippen LogP) is 5.10. The van der Waals surface area contributed by atoms with Gasteiger partial charge in [0, 0.05) is 17.3 Å². The van der Waals surface area contributed by atoms with E-state index in [1.54, 1.807) is 42.6 Å². The average Bonchev–Trinajstić information content (AvgIpc) is 3.07. The molecule has 2 heterocycles. The molecule has 0 aliphatic carbocycles. The molecule has 0 unspecified atom stereocenters. The SMILES string of the molecule is Cc1cccc(C(=O)Nc2cc(-c3nc4ncccc4o3)ccc2Cl)c1. The van der Waals surface area contributed by atoms with Crippen LogP contribution in [0.2, 0.25) is 5.02 Å². The summed E-state index contributed by atoms with van der Waals surface area (Å²) in [7, 11) is 0. The van der Waals surface area contributed by atoms with E-state index >= 15 is 0 Å². The van der Waals surface area contributed by atoms with Crippen LogP contribution < -0.4 is 5.32 Å². The highest BCUT2D eigenvalue weighted by molar-refractivity contribution is 6.34. The normalized spacial score (nSPS) is 10.8. The first-order valence-electron chi connectivity index (χ1n) is 8.00. The molecule has 0 saturated carbocycles. The number of hydrogen-bond acceptors (Lipinski definition) is 4. The highest BCUT2D eigenvalue weighted by atomic mass is 35.5. The van der Waals surface area contributed by atoms with Gasteiger partial charge in [0.05, 0.1) is 10.7 Å². The monoisotopic (exact) mass is 363 g/mol. The molecule has 0 aliphatic rings. The molecule has 0 atom stereocenters. The smallest absolute Gasteiger partial charge is 0.255 e. The van der Waals surface area contributed by atoms with E-state index in [9.17, 15) is 4.79 Å². The van der Waals surface area contributed by atoms with Gasteiger partial charge in [-0.3, -0.25) is 4.79 Å². The zero-order valence-electron chi connectivity index (χ0n) is 13.9. The summed E-state index contributed by atoms with van der Waals surface area (Å²) in [6, 6.07) is 16.2. The topological polar surface area (TPSA) is 68.0 Å². The third-order valence-electron chi connectivity index (χ3n) is 3.91. The van der Waals surface area contributed by atoms with Crippen molar-refractivity contribution in [2.75, 3.05) is 5.32 Å². The van der Waals surface area contributed by atoms with Crippen LogP contribution in [0.3, 0.4) is 0 Å². The second-order valence-electron chi connectivity index (χ2n) is 5.86. The van der Waals surface area contributed by atoms with Crippen LogP contribution in [0.1, 0.15) is 15.9 Å². The molecule has 1 amide bonds. The minimum Gasteiger partial charge on any atom is -0.434 e. The van der Waals surface area contributed by atoms with Gasteiger partial charge in [-0.2, -0.15) is 4.98 Å². The second-order valence-corrected chi connectivity index (χ2v) is 6.27. The maximum absolute atomic E-state index is 12.5. The van der Waals surface area contributed by atoms with Crippen LogP contribution >= 0.6 is 11.6 Å². The fourth-order valence-electron chi connectivity index (χ4n) is 2.63. The minimum atomic E-state index is -0.230. The summed E-state index contributed by atoms with van der Waals surface area (Å²) in [6.45, 7) is 1.94. The van der Waals surface area contributed by atoms with Crippen molar-refractivity contribution >= 4 is 34.4 Å². The summed E-state index contributed by atoms with van der Waals surface area (Å²) in [6.07, 6.45) is 1.66. The number of benzene rings is 2. The number of aryl methyl sites for hydroxylation is 1. The van der Waals surface area contributed by atoms with Crippen molar-refractivity contribution in [3.8, 4) is 11.5 Å². The number of nitrogens with one attached hydrogen (secondary N) is 1. The minimum absolute atomic E-state index is 0.230. The molecular weight excluding hydrogens is 350 g/mol. The number of fused-ring (bicyclic) bond motifs is 1. The summed E-state index contributed by atoms with van der Waals surface area (Å²) < 4.78 is 5.72. The molecule has 2 aromatic heterocycles. The largest absolute Gasteiger partial charge is 0.434 e. The van der Waals surface area contributed by atoms with E-state index < -0.39 is 0 Å². The van der Waals surface area contributed by atoms with Crippen LogP contribution in [0.15, 0.2) is 65.2 Å². The van der Waals surface area contributed by atoms with Crippen molar-refractivity contribution in [3.63, 3.8) is 0 Å². The van der Waals surface area contributed by atoms with Crippen LogP contribution in [0.4, 0.5) is 5.69 Å². The van der Waals surface area contributed by atoms with E-state index in [4.69, 9.17) is 16.0 Å². The molecule has 5 nitrogen and oxygen atoms in total. The quantitative estimate of drug-likeness (QED) is 0.549. The Kier molecular flexibility index (Phi) is 4.14. The predicted molar refractivity (Wildman–Crippen MR) is 101 cm³/mol. The fourth-order valence-corrected chi connectivity index (χ4v) is 2.79. The lowest BCUT2D eigenvalue weighted by atomic mass is 10.1. The molecular formula is C20H14ClN3O2. The number of nitrogens with zero attached hydrogens (tertiary/aromatic N) is 2. The molecule has 6 heteroatoms. The Morgan fingerprint density at radius 2 is 2.00 bits per heavy atom. The zero-order valence-corrected chi connectivity index (χ0v) is 14.6. The molecule has 128 valence electrons. The third kappa shape index (κ3) is 3.17. The van der Waals surface area contributed by atoms with Crippen molar-refractivity contribution < 1.29 is 9.21 Å². The summed E-state index contributed by atoms with van der Waals surface area (Å²) >= 11 is 6.25. The van der Waals surface area contributed by atoms with Gasteiger partial charge >= 0.3 is 0 Å². The molecule has 0 aliphatic heterocycles. The number of carbonyl (C=O) groups excluding carboxylic acids is 1. The number of amides is 1. The number of aromatic nitrogens is 2. The first-order chi connectivity index (χ1) is 12.6. The molecule has 0 saturated heterocycles. The van der Waals surface area contributed by atoms with Gasteiger partial charge in [0.1, 0.15) is 0 Å². The molecule has 0 spiro atoms. The van der Waals surface area contributed by atoms with Crippen molar-refractivity contribution in [1.82, 2.24) is 9.97 Å². The van der Waals surface area contributed by atoms with Gasteiger partial charge in [-0.15, -0.1) is 0 Å². The van der Waals surface area contributed by atoms with Crippen LogP contribution in [-0.4, -0.2) is 15.9 Å².